The van der Waals surface area contributed by atoms with Crippen molar-refractivity contribution in [1.29, 1.82) is 0 Å². The molecule has 0 aliphatic carbocycles. The fourth-order valence-corrected chi connectivity index (χ4v) is 2.84. The molecule has 3 rings (SSSR count). The van der Waals surface area contributed by atoms with Gasteiger partial charge in [0.1, 0.15) is 0 Å². The summed E-state index contributed by atoms with van der Waals surface area (Å²) in [6.45, 7) is 0. The molecular weight excluding hydrogens is 396 g/mol. The number of carbonyl (C=O) groups is 1. The van der Waals surface area contributed by atoms with E-state index in [1.807, 2.05) is 0 Å². The Morgan fingerprint density at radius 2 is 1.17 bits per heavy atom. The van der Waals surface area contributed by atoms with E-state index < -0.39 is 43.4 Å². The number of rotatable bonds is 6. The molecular formula is C19H12N4O7. The van der Waals surface area contributed by atoms with Crippen LogP contribution in [-0.4, -0.2) is 20.7 Å². The predicted octanol–water partition coefficient (Wildman–Crippen LogP) is 4.39. The first-order chi connectivity index (χ1) is 14.3. The number of anilines is 2. The minimum absolute atomic E-state index is 0.114. The summed E-state index contributed by atoms with van der Waals surface area (Å²) in [7, 11) is 0. The Labute approximate surface area is 168 Å². The molecule has 11 nitrogen and oxygen atoms in total. The molecule has 0 spiro atoms. The van der Waals surface area contributed by atoms with Gasteiger partial charge in [0.2, 0.25) is 5.69 Å². The average Bonchev–Trinajstić information content (AvgIpc) is 2.74. The molecule has 11 heteroatoms. The third kappa shape index (κ3) is 3.80. The molecule has 0 aliphatic rings. The molecule has 0 atom stereocenters. The zero-order valence-corrected chi connectivity index (χ0v) is 15.1. The number of nitro benzene ring substituents is 3. The van der Waals surface area contributed by atoms with Gasteiger partial charge in [0, 0.05) is 11.3 Å². The van der Waals surface area contributed by atoms with E-state index in [4.69, 9.17) is 0 Å². The second-order valence-corrected chi connectivity index (χ2v) is 5.95. The van der Waals surface area contributed by atoms with E-state index in [2.05, 4.69) is 0 Å². The summed E-state index contributed by atoms with van der Waals surface area (Å²) >= 11 is 0. The Morgan fingerprint density at radius 3 is 1.60 bits per heavy atom. The lowest BCUT2D eigenvalue weighted by molar-refractivity contribution is -0.402. The number of carbonyl (C=O) groups excluding carboxylic acids is 1. The summed E-state index contributed by atoms with van der Waals surface area (Å²) in [6, 6.07) is 16.5. The van der Waals surface area contributed by atoms with Gasteiger partial charge < -0.3 is 0 Å². The monoisotopic (exact) mass is 408 g/mol. The Kier molecular flexibility index (Phi) is 5.45. The fraction of sp³-hybridized carbons (Fsp3) is 0. The van der Waals surface area contributed by atoms with Crippen molar-refractivity contribution < 1.29 is 19.6 Å². The van der Waals surface area contributed by atoms with Gasteiger partial charge in [-0.15, -0.1) is 0 Å². The Bertz CT molecular complexity index is 1120. The molecule has 0 aromatic heterocycles. The fourth-order valence-electron chi connectivity index (χ4n) is 2.84. The minimum Gasteiger partial charge on any atom is -0.268 e. The highest BCUT2D eigenvalue weighted by Gasteiger charge is 2.37. The molecule has 3 aromatic rings. The quantitative estimate of drug-likeness (QED) is 0.433. The molecule has 0 saturated carbocycles. The number of para-hydroxylation sites is 1. The molecule has 30 heavy (non-hydrogen) atoms. The zero-order valence-electron chi connectivity index (χ0n) is 15.1. The van der Waals surface area contributed by atoms with Gasteiger partial charge in [-0.3, -0.25) is 40.0 Å². The van der Waals surface area contributed by atoms with Crippen LogP contribution in [-0.2, 0) is 0 Å². The number of benzene rings is 3. The number of hydrogen-bond acceptors (Lipinski definition) is 7. The number of hydrogen-bond donors (Lipinski definition) is 0. The smallest absolute Gasteiger partial charge is 0.268 e. The molecule has 0 heterocycles. The van der Waals surface area contributed by atoms with Gasteiger partial charge in [0.05, 0.1) is 26.9 Å². The maximum atomic E-state index is 13.3. The number of non-ortho nitro benzene ring substituents is 1. The molecule has 0 saturated heterocycles. The van der Waals surface area contributed by atoms with E-state index >= 15 is 0 Å². The van der Waals surface area contributed by atoms with Crippen molar-refractivity contribution in [3.8, 4) is 0 Å². The molecule has 150 valence electrons. The van der Waals surface area contributed by atoms with E-state index in [1.54, 1.807) is 36.4 Å². The van der Waals surface area contributed by atoms with E-state index in [-0.39, 0.29) is 11.3 Å². The van der Waals surface area contributed by atoms with Crippen LogP contribution in [0.15, 0.2) is 72.8 Å². The number of nitrogens with zero attached hydrogens (tertiary/aromatic N) is 4. The summed E-state index contributed by atoms with van der Waals surface area (Å²) < 4.78 is 0. The van der Waals surface area contributed by atoms with Crippen LogP contribution >= 0.6 is 0 Å². The molecule has 0 fully saturated rings. The standard InChI is InChI=1S/C19H12N4O7/c24-19(13-7-3-1-4-8-13)20(14-9-5-2-6-10-14)18-16(22(27)28)11-15(21(25)26)12-17(18)23(29)30/h1-12H. The van der Waals surface area contributed by atoms with Crippen molar-refractivity contribution in [2.75, 3.05) is 4.90 Å². The van der Waals surface area contributed by atoms with Gasteiger partial charge in [0.25, 0.3) is 11.6 Å². The third-order valence-electron chi connectivity index (χ3n) is 4.12. The third-order valence-corrected chi connectivity index (χ3v) is 4.12. The van der Waals surface area contributed by atoms with E-state index in [0.717, 1.165) is 4.90 Å². The second kappa shape index (κ2) is 8.14. The maximum absolute atomic E-state index is 13.3. The molecule has 0 aliphatic heterocycles. The Balaban J connectivity index is 2.38. The van der Waals surface area contributed by atoms with Gasteiger partial charge in [-0.2, -0.15) is 0 Å². The van der Waals surface area contributed by atoms with E-state index in [9.17, 15) is 35.1 Å². The van der Waals surface area contributed by atoms with Crippen molar-refractivity contribution in [2.24, 2.45) is 0 Å². The van der Waals surface area contributed by atoms with Gasteiger partial charge >= 0.3 is 11.4 Å². The topological polar surface area (TPSA) is 150 Å². The van der Waals surface area contributed by atoms with Crippen molar-refractivity contribution in [3.63, 3.8) is 0 Å². The highest BCUT2D eigenvalue weighted by molar-refractivity contribution is 6.13. The summed E-state index contributed by atoms with van der Waals surface area (Å²) in [4.78, 5) is 45.6. The lowest BCUT2D eigenvalue weighted by Crippen LogP contribution is -2.27. The van der Waals surface area contributed by atoms with Crippen LogP contribution in [0, 0.1) is 30.3 Å². The van der Waals surface area contributed by atoms with Crippen LogP contribution in [0.25, 0.3) is 0 Å². The van der Waals surface area contributed by atoms with Crippen LogP contribution in [0.3, 0.4) is 0 Å². The average molecular weight is 408 g/mol. The Hall–Kier alpha value is -4.67. The molecule has 0 N–H and O–H groups in total. The molecule has 0 radical (unpaired) electrons. The van der Waals surface area contributed by atoms with Crippen molar-refractivity contribution in [1.82, 2.24) is 0 Å². The molecule has 3 aromatic carbocycles. The zero-order chi connectivity index (χ0) is 21.8. The predicted molar refractivity (Wildman–Crippen MR) is 106 cm³/mol. The first-order valence-electron chi connectivity index (χ1n) is 8.37. The van der Waals surface area contributed by atoms with Crippen molar-refractivity contribution in [3.05, 3.63) is 109 Å². The SMILES string of the molecule is O=C(c1ccccc1)N(c1ccccc1)c1c([N+](=O)[O-])cc([N+](=O)[O-])cc1[N+](=O)[O-]. The highest BCUT2D eigenvalue weighted by atomic mass is 16.6. The van der Waals surface area contributed by atoms with Crippen LogP contribution in [0.1, 0.15) is 10.4 Å². The van der Waals surface area contributed by atoms with E-state index in [1.165, 1.54) is 24.3 Å². The van der Waals surface area contributed by atoms with Gasteiger partial charge in [-0.05, 0) is 24.3 Å². The minimum atomic E-state index is -0.996. The van der Waals surface area contributed by atoms with Crippen molar-refractivity contribution in [2.45, 2.75) is 0 Å². The lowest BCUT2D eigenvalue weighted by Gasteiger charge is -2.22. The first kappa shape index (κ1) is 20.1. The van der Waals surface area contributed by atoms with Gasteiger partial charge in [0.15, 0.2) is 0 Å². The number of nitro groups is 3. The Morgan fingerprint density at radius 1 is 0.700 bits per heavy atom. The van der Waals surface area contributed by atoms with Crippen LogP contribution in [0.5, 0.6) is 0 Å². The van der Waals surface area contributed by atoms with Gasteiger partial charge in [-0.25, -0.2) is 0 Å². The first-order valence-corrected chi connectivity index (χ1v) is 8.37. The largest absolute Gasteiger partial charge is 0.307 e. The second-order valence-electron chi connectivity index (χ2n) is 5.95. The van der Waals surface area contributed by atoms with Crippen molar-refractivity contribution >= 4 is 34.3 Å². The van der Waals surface area contributed by atoms with Crippen LogP contribution < -0.4 is 4.90 Å². The molecule has 1 amide bonds. The molecule has 0 bridgehead atoms. The lowest BCUT2D eigenvalue weighted by atomic mass is 10.1. The van der Waals surface area contributed by atoms with Crippen LogP contribution in [0.4, 0.5) is 28.4 Å². The normalized spacial score (nSPS) is 10.3. The van der Waals surface area contributed by atoms with Crippen LogP contribution in [0.2, 0.25) is 0 Å². The van der Waals surface area contributed by atoms with E-state index in [0.29, 0.717) is 12.1 Å². The summed E-state index contributed by atoms with van der Waals surface area (Å²) in [5.41, 5.74) is -3.16. The summed E-state index contributed by atoms with van der Waals surface area (Å²) in [6.07, 6.45) is 0. The maximum Gasteiger partial charge on any atom is 0.307 e. The summed E-state index contributed by atoms with van der Waals surface area (Å²) in [5, 5.41) is 34.5. The van der Waals surface area contributed by atoms with Gasteiger partial charge in [-0.1, -0.05) is 36.4 Å². The number of amides is 1. The molecule has 0 unspecified atom stereocenters. The highest BCUT2D eigenvalue weighted by Crippen LogP contribution is 2.44. The summed E-state index contributed by atoms with van der Waals surface area (Å²) in [5.74, 6) is -0.776.